The molecule has 0 aromatic heterocycles. The molecule has 6 heteroatoms. The van der Waals surface area contributed by atoms with Crippen molar-refractivity contribution in [3.8, 4) is 11.5 Å². The molecule has 35 heavy (non-hydrogen) atoms. The molecule has 0 fully saturated rings. The van der Waals surface area contributed by atoms with Crippen LogP contribution in [0.15, 0.2) is 67.8 Å². The number of hydrogen-bond acceptors (Lipinski definition) is 6. The molecule has 6 nitrogen and oxygen atoms in total. The monoisotopic (exact) mass is 476 g/mol. The van der Waals surface area contributed by atoms with Gasteiger partial charge in [-0.2, -0.15) is 0 Å². The van der Waals surface area contributed by atoms with E-state index in [9.17, 15) is 9.59 Å². The van der Waals surface area contributed by atoms with E-state index < -0.39 is 12.3 Å². The maximum Gasteiger partial charge on any atom is 0.513 e. The fraction of sp³-hybridized carbons (Fsp3) is 0.310. The van der Waals surface area contributed by atoms with Gasteiger partial charge >= 0.3 is 12.3 Å². The molecule has 0 N–H and O–H groups in total. The van der Waals surface area contributed by atoms with Crippen LogP contribution in [0, 0.1) is 6.92 Å². The van der Waals surface area contributed by atoms with Gasteiger partial charge in [-0.15, -0.1) is 13.2 Å². The Labute approximate surface area is 206 Å². The maximum absolute atomic E-state index is 12.5. The molecular formula is C29H32O6. The molecule has 0 unspecified atom stereocenters. The predicted octanol–water partition coefficient (Wildman–Crippen LogP) is 8.04. The Kier molecular flexibility index (Phi) is 9.72. The average molecular weight is 477 g/mol. The second kappa shape index (κ2) is 13.2. The smallest absolute Gasteiger partial charge is 0.434 e. The molecule has 184 valence electrons. The van der Waals surface area contributed by atoms with Crippen molar-refractivity contribution in [1.82, 2.24) is 0 Å². The third-order valence-electron chi connectivity index (χ3n) is 5.50. The molecule has 3 aromatic carbocycles. The second-order valence-corrected chi connectivity index (χ2v) is 8.22. The van der Waals surface area contributed by atoms with Crippen LogP contribution in [0.5, 0.6) is 11.5 Å². The topological polar surface area (TPSA) is 71.1 Å². The van der Waals surface area contributed by atoms with E-state index in [1.54, 1.807) is 0 Å². The summed E-state index contributed by atoms with van der Waals surface area (Å²) in [5.74, 6) is 0.720. The number of fused-ring (bicyclic) bond motifs is 2. The molecule has 3 rings (SSSR count). The zero-order valence-corrected chi connectivity index (χ0v) is 20.2. The highest BCUT2D eigenvalue weighted by molar-refractivity contribution is 6.12. The van der Waals surface area contributed by atoms with E-state index in [0.29, 0.717) is 33.0 Å². The van der Waals surface area contributed by atoms with E-state index in [-0.39, 0.29) is 13.2 Å². The Hall–Kier alpha value is -3.80. The number of allylic oxidation sites excluding steroid dienone is 2. The SMILES string of the molecule is C=CCCCCOC(=O)Oc1c2ccccc2c(OC(=O)OCCCCC=C)c2cc(C)ccc12. The van der Waals surface area contributed by atoms with Crippen LogP contribution in [-0.2, 0) is 9.47 Å². The van der Waals surface area contributed by atoms with Gasteiger partial charge in [0.25, 0.3) is 0 Å². The third-order valence-corrected chi connectivity index (χ3v) is 5.50. The summed E-state index contributed by atoms with van der Waals surface area (Å²) in [6.45, 7) is 9.85. The molecule has 0 radical (unpaired) electrons. The second-order valence-electron chi connectivity index (χ2n) is 8.22. The first-order chi connectivity index (χ1) is 17.0. The van der Waals surface area contributed by atoms with Crippen LogP contribution >= 0.6 is 0 Å². The maximum atomic E-state index is 12.5. The number of aryl methyl sites for hydroxylation is 1. The molecule has 0 aliphatic heterocycles. The normalized spacial score (nSPS) is 10.7. The zero-order chi connectivity index (χ0) is 25.0. The fourth-order valence-corrected chi connectivity index (χ4v) is 3.75. The van der Waals surface area contributed by atoms with Crippen molar-refractivity contribution in [2.45, 2.75) is 45.4 Å². The van der Waals surface area contributed by atoms with Gasteiger partial charge in [-0.05, 0) is 51.5 Å². The van der Waals surface area contributed by atoms with E-state index in [0.717, 1.165) is 44.1 Å². The molecule has 0 atom stereocenters. The minimum absolute atomic E-state index is 0.265. The van der Waals surface area contributed by atoms with Crippen molar-refractivity contribution in [3.63, 3.8) is 0 Å². The molecule has 0 aliphatic carbocycles. The van der Waals surface area contributed by atoms with Crippen molar-refractivity contribution in [2.24, 2.45) is 0 Å². The summed E-state index contributed by atoms with van der Waals surface area (Å²) in [4.78, 5) is 25.0. The van der Waals surface area contributed by atoms with Crippen LogP contribution in [0.2, 0.25) is 0 Å². The van der Waals surface area contributed by atoms with Crippen LogP contribution in [-0.4, -0.2) is 25.5 Å². The Morgan fingerprint density at radius 1 is 0.714 bits per heavy atom. The lowest BCUT2D eigenvalue weighted by Gasteiger charge is -2.16. The van der Waals surface area contributed by atoms with Crippen molar-refractivity contribution in [2.75, 3.05) is 13.2 Å². The number of benzene rings is 3. The van der Waals surface area contributed by atoms with Crippen LogP contribution < -0.4 is 9.47 Å². The quantitative estimate of drug-likeness (QED) is 0.0866. The van der Waals surface area contributed by atoms with E-state index in [1.807, 2.05) is 61.5 Å². The first-order valence-corrected chi connectivity index (χ1v) is 11.9. The van der Waals surface area contributed by atoms with Crippen LogP contribution in [0.3, 0.4) is 0 Å². The van der Waals surface area contributed by atoms with E-state index >= 15 is 0 Å². The minimum Gasteiger partial charge on any atom is -0.434 e. The average Bonchev–Trinajstić information content (AvgIpc) is 2.85. The van der Waals surface area contributed by atoms with Gasteiger partial charge in [0.15, 0.2) is 0 Å². The molecule has 0 saturated carbocycles. The van der Waals surface area contributed by atoms with Crippen LogP contribution in [0.25, 0.3) is 21.5 Å². The number of carbonyl (C=O) groups is 2. The van der Waals surface area contributed by atoms with E-state index in [2.05, 4.69) is 13.2 Å². The summed E-state index contributed by atoms with van der Waals surface area (Å²) in [6.07, 6.45) is 7.08. The van der Waals surface area contributed by atoms with Crippen LogP contribution in [0.1, 0.15) is 44.1 Å². The summed E-state index contributed by atoms with van der Waals surface area (Å²) < 4.78 is 21.9. The summed E-state index contributed by atoms with van der Waals surface area (Å²) in [5.41, 5.74) is 0.964. The summed E-state index contributed by atoms with van der Waals surface area (Å²) in [7, 11) is 0. The number of ether oxygens (including phenoxy) is 4. The zero-order valence-electron chi connectivity index (χ0n) is 20.2. The number of hydrogen-bond donors (Lipinski definition) is 0. The van der Waals surface area contributed by atoms with Crippen molar-refractivity contribution in [1.29, 1.82) is 0 Å². The van der Waals surface area contributed by atoms with Gasteiger partial charge in [-0.1, -0.05) is 54.1 Å². The Bertz CT molecular complexity index is 1200. The van der Waals surface area contributed by atoms with Gasteiger partial charge in [0.2, 0.25) is 0 Å². The highest BCUT2D eigenvalue weighted by Gasteiger charge is 2.21. The Morgan fingerprint density at radius 3 is 1.71 bits per heavy atom. The first kappa shape index (κ1) is 25.8. The summed E-state index contributed by atoms with van der Waals surface area (Å²) in [6, 6.07) is 12.9. The largest absolute Gasteiger partial charge is 0.513 e. The molecule has 0 amide bonds. The molecule has 0 spiro atoms. The standard InChI is InChI=1S/C29H32O6/c1-4-6-8-12-18-32-28(30)34-26-22-14-10-11-15-23(22)27(25-20-21(3)16-17-24(25)26)35-29(31)33-19-13-9-7-5-2/h4-5,10-11,14-17,20H,1-2,6-9,12-13,18-19H2,3H3. The van der Waals surface area contributed by atoms with Gasteiger partial charge in [-0.25, -0.2) is 9.59 Å². The predicted molar refractivity (Wildman–Crippen MR) is 138 cm³/mol. The van der Waals surface area contributed by atoms with Gasteiger partial charge in [0.1, 0.15) is 11.5 Å². The summed E-state index contributed by atoms with van der Waals surface area (Å²) >= 11 is 0. The lowest BCUT2D eigenvalue weighted by Crippen LogP contribution is -2.14. The number of rotatable bonds is 12. The first-order valence-electron chi connectivity index (χ1n) is 11.9. The Balaban J connectivity index is 1.89. The van der Waals surface area contributed by atoms with E-state index in [4.69, 9.17) is 18.9 Å². The highest BCUT2D eigenvalue weighted by Crippen LogP contribution is 2.43. The van der Waals surface area contributed by atoms with Crippen molar-refractivity contribution < 1.29 is 28.5 Å². The van der Waals surface area contributed by atoms with Crippen molar-refractivity contribution in [3.05, 3.63) is 73.3 Å². The third kappa shape index (κ3) is 7.09. The number of carbonyl (C=O) groups excluding carboxylic acids is 2. The van der Waals surface area contributed by atoms with Crippen LogP contribution in [0.4, 0.5) is 9.59 Å². The van der Waals surface area contributed by atoms with Gasteiger partial charge in [0.05, 0.1) is 13.2 Å². The lowest BCUT2D eigenvalue weighted by atomic mass is 9.99. The summed E-state index contributed by atoms with van der Waals surface area (Å²) in [5, 5.41) is 2.53. The molecular weight excluding hydrogens is 444 g/mol. The van der Waals surface area contributed by atoms with Gasteiger partial charge < -0.3 is 18.9 Å². The number of unbranched alkanes of at least 4 members (excludes halogenated alkanes) is 4. The van der Waals surface area contributed by atoms with Gasteiger partial charge in [-0.3, -0.25) is 0 Å². The molecule has 0 bridgehead atoms. The molecule has 0 saturated heterocycles. The molecule has 3 aromatic rings. The minimum atomic E-state index is -0.775. The van der Waals surface area contributed by atoms with Gasteiger partial charge in [0, 0.05) is 21.5 Å². The Morgan fingerprint density at radius 2 is 1.20 bits per heavy atom. The lowest BCUT2D eigenvalue weighted by molar-refractivity contribution is 0.0968. The fourth-order valence-electron chi connectivity index (χ4n) is 3.75. The van der Waals surface area contributed by atoms with Crippen molar-refractivity contribution >= 4 is 33.9 Å². The van der Waals surface area contributed by atoms with E-state index in [1.165, 1.54) is 0 Å². The molecule has 0 aliphatic rings. The highest BCUT2D eigenvalue weighted by atomic mass is 16.7. The molecule has 0 heterocycles.